The van der Waals surface area contributed by atoms with E-state index in [1.807, 2.05) is 24.3 Å². The zero-order chi connectivity index (χ0) is 19.6. The SMILES string of the molecule is CCCCOc1ccc(C2C3=C(CC(C)(C)CC3=O)NC(=S)C2C#N)cc1. The number of benzene rings is 1. The van der Waals surface area contributed by atoms with Crippen molar-refractivity contribution in [1.82, 2.24) is 5.32 Å². The summed E-state index contributed by atoms with van der Waals surface area (Å²) in [5.74, 6) is 0.0788. The predicted octanol–water partition coefficient (Wildman–Crippen LogP) is 4.66. The number of Topliss-reactive ketones (excluding diaryl/α,β-unsaturated/α-hetero) is 1. The molecule has 1 N–H and O–H groups in total. The summed E-state index contributed by atoms with van der Waals surface area (Å²) >= 11 is 5.48. The first-order valence-electron chi connectivity index (χ1n) is 9.56. The average molecular weight is 383 g/mol. The third-order valence-corrected chi connectivity index (χ3v) is 5.62. The second-order valence-electron chi connectivity index (χ2n) is 8.18. The number of ether oxygens (including phenoxy) is 1. The van der Waals surface area contributed by atoms with Crippen LogP contribution in [0.3, 0.4) is 0 Å². The van der Waals surface area contributed by atoms with Gasteiger partial charge in [-0.05, 0) is 36.0 Å². The van der Waals surface area contributed by atoms with Crippen molar-refractivity contribution in [3.05, 3.63) is 41.1 Å². The quantitative estimate of drug-likeness (QED) is 0.593. The Labute approximate surface area is 166 Å². The summed E-state index contributed by atoms with van der Waals surface area (Å²) in [4.78, 5) is 13.5. The zero-order valence-corrected chi connectivity index (χ0v) is 17.0. The summed E-state index contributed by atoms with van der Waals surface area (Å²) in [5.41, 5.74) is 2.46. The number of carbonyl (C=O) groups excluding carboxylic acids is 1. The van der Waals surface area contributed by atoms with E-state index in [0.717, 1.165) is 41.8 Å². The van der Waals surface area contributed by atoms with Crippen molar-refractivity contribution >= 4 is 23.0 Å². The van der Waals surface area contributed by atoms with Gasteiger partial charge in [-0.15, -0.1) is 0 Å². The lowest BCUT2D eigenvalue weighted by Gasteiger charge is -2.40. The fourth-order valence-electron chi connectivity index (χ4n) is 3.95. The molecule has 4 nitrogen and oxygen atoms in total. The van der Waals surface area contributed by atoms with Crippen molar-refractivity contribution in [2.45, 2.75) is 52.4 Å². The van der Waals surface area contributed by atoms with Gasteiger partial charge in [-0.3, -0.25) is 4.79 Å². The minimum absolute atomic E-state index is 0.0977. The van der Waals surface area contributed by atoms with Gasteiger partial charge in [0, 0.05) is 23.6 Å². The molecule has 0 radical (unpaired) electrons. The van der Waals surface area contributed by atoms with Crippen LogP contribution in [0.4, 0.5) is 0 Å². The molecule has 2 atom stereocenters. The Hall–Kier alpha value is -2.19. The molecular weight excluding hydrogens is 356 g/mol. The van der Waals surface area contributed by atoms with Gasteiger partial charge < -0.3 is 10.1 Å². The fourth-order valence-corrected chi connectivity index (χ4v) is 4.26. The van der Waals surface area contributed by atoms with E-state index < -0.39 is 5.92 Å². The van der Waals surface area contributed by atoms with E-state index in [1.54, 1.807) is 0 Å². The first kappa shape index (κ1) is 19.6. The molecule has 27 heavy (non-hydrogen) atoms. The number of rotatable bonds is 5. The highest BCUT2D eigenvalue weighted by Gasteiger charge is 2.44. The molecule has 5 heteroatoms. The maximum Gasteiger partial charge on any atom is 0.161 e. The third kappa shape index (κ3) is 4.06. The second kappa shape index (κ2) is 7.82. The normalized spacial score (nSPS) is 24.1. The summed E-state index contributed by atoms with van der Waals surface area (Å²) in [7, 11) is 0. The second-order valence-corrected chi connectivity index (χ2v) is 8.62. The lowest BCUT2D eigenvalue weighted by atomic mass is 9.67. The summed E-state index contributed by atoms with van der Waals surface area (Å²) in [6.07, 6.45) is 3.36. The molecule has 0 saturated heterocycles. The summed E-state index contributed by atoms with van der Waals surface area (Å²) in [6, 6.07) is 10.1. The van der Waals surface area contributed by atoms with Crippen LogP contribution >= 0.6 is 12.2 Å². The Kier molecular flexibility index (Phi) is 5.67. The number of carbonyl (C=O) groups is 1. The molecule has 1 heterocycles. The van der Waals surface area contributed by atoms with E-state index in [4.69, 9.17) is 17.0 Å². The molecule has 1 aliphatic carbocycles. The first-order valence-corrected chi connectivity index (χ1v) is 9.96. The van der Waals surface area contributed by atoms with Crippen molar-refractivity contribution in [2.24, 2.45) is 11.3 Å². The largest absolute Gasteiger partial charge is 0.494 e. The summed E-state index contributed by atoms with van der Waals surface area (Å²) in [5, 5.41) is 12.9. The van der Waals surface area contributed by atoms with Crippen LogP contribution in [0.5, 0.6) is 5.75 Å². The number of nitriles is 1. The van der Waals surface area contributed by atoms with Crippen LogP contribution < -0.4 is 10.1 Å². The van der Waals surface area contributed by atoms with E-state index in [-0.39, 0.29) is 17.1 Å². The van der Waals surface area contributed by atoms with Crippen LogP contribution in [0.25, 0.3) is 0 Å². The van der Waals surface area contributed by atoms with Gasteiger partial charge in [0.2, 0.25) is 0 Å². The minimum atomic E-state index is -0.532. The van der Waals surface area contributed by atoms with Gasteiger partial charge in [0.05, 0.1) is 17.7 Å². The molecule has 0 aromatic heterocycles. The van der Waals surface area contributed by atoms with Gasteiger partial charge in [-0.2, -0.15) is 5.26 Å². The van der Waals surface area contributed by atoms with E-state index in [2.05, 4.69) is 32.2 Å². The van der Waals surface area contributed by atoms with Gasteiger partial charge in [-0.1, -0.05) is 51.5 Å². The Morgan fingerprint density at radius 2 is 2.00 bits per heavy atom. The van der Waals surface area contributed by atoms with Gasteiger partial charge >= 0.3 is 0 Å². The molecular formula is C22H26N2O2S. The maximum atomic E-state index is 13.0. The lowest BCUT2D eigenvalue weighted by molar-refractivity contribution is -0.118. The minimum Gasteiger partial charge on any atom is -0.494 e. The van der Waals surface area contributed by atoms with Crippen LogP contribution in [0.2, 0.25) is 0 Å². The topological polar surface area (TPSA) is 62.1 Å². The van der Waals surface area contributed by atoms with Crippen molar-refractivity contribution in [3.63, 3.8) is 0 Å². The number of nitrogens with one attached hydrogen (secondary N) is 1. The monoisotopic (exact) mass is 382 g/mol. The van der Waals surface area contributed by atoms with E-state index in [9.17, 15) is 10.1 Å². The van der Waals surface area contributed by atoms with E-state index in [1.165, 1.54) is 0 Å². The van der Waals surface area contributed by atoms with Crippen LogP contribution in [-0.4, -0.2) is 17.4 Å². The molecule has 2 aliphatic rings. The standard InChI is InChI=1S/C22H26N2O2S/c1-4-5-10-26-15-8-6-14(7-9-15)19-16(13-23)21(27)24-17-11-22(2,3)12-18(25)20(17)19/h6-9,16,19H,4-5,10-12H2,1-3H3,(H,24,27). The molecule has 2 unspecified atom stereocenters. The lowest BCUT2D eigenvalue weighted by Crippen LogP contribution is -2.44. The summed E-state index contributed by atoms with van der Waals surface area (Å²) < 4.78 is 5.74. The van der Waals surface area contributed by atoms with Crippen LogP contribution in [0, 0.1) is 22.7 Å². The highest BCUT2D eigenvalue weighted by Crippen LogP contribution is 2.46. The highest BCUT2D eigenvalue weighted by molar-refractivity contribution is 7.80. The Bertz CT molecular complexity index is 818. The van der Waals surface area contributed by atoms with Crippen molar-refractivity contribution in [3.8, 4) is 11.8 Å². The van der Waals surface area contributed by atoms with Crippen molar-refractivity contribution < 1.29 is 9.53 Å². The van der Waals surface area contributed by atoms with E-state index >= 15 is 0 Å². The van der Waals surface area contributed by atoms with Crippen molar-refractivity contribution in [1.29, 1.82) is 5.26 Å². The predicted molar refractivity (Wildman–Crippen MR) is 109 cm³/mol. The van der Waals surface area contributed by atoms with Gasteiger partial charge in [0.15, 0.2) is 5.78 Å². The smallest absolute Gasteiger partial charge is 0.161 e. The Morgan fingerprint density at radius 3 is 2.63 bits per heavy atom. The van der Waals surface area contributed by atoms with Crippen molar-refractivity contribution in [2.75, 3.05) is 6.61 Å². The van der Waals surface area contributed by atoms with Crippen LogP contribution in [-0.2, 0) is 4.79 Å². The van der Waals surface area contributed by atoms with Gasteiger partial charge in [-0.25, -0.2) is 0 Å². The number of nitrogens with zero attached hydrogens (tertiary/aromatic N) is 1. The number of unbranched alkanes of at least 4 members (excludes halogenated alkanes) is 1. The number of ketones is 1. The summed E-state index contributed by atoms with van der Waals surface area (Å²) in [6.45, 7) is 7.00. The molecule has 1 aromatic carbocycles. The molecule has 1 aliphatic heterocycles. The Morgan fingerprint density at radius 1 is 1.30 bits per heavy atom. The molecule has 0 amide bonds. The molecule has 3 rings (SSSR count). The first-order chi connectivity index (χ1) is 12.9. The molecule has 1 aromatic rings. The zero-order valence-electron chi connectivity index (χ0n) is 16.2. The molecule has 0 spiro atoms. The number of allylic oxidation sites excluding steroid dienone is 2. The number of thiocarbonyl (C=S) groups is 1. The van der Waals surface area contributed by atoms with Gasteiger partial charge in [0.1, 0.15) is 11.7 Å². The average Bonchev–Trinajstić information content (AvgIpc) is 2.60. The van der Waals surface area contributed by atoms with Gasteiger partial charge in [0.25, 0.3) is 0 Å². The fraction of sp³-hybridized carbons (Fsp3) is 0.500. The van der Waals surface area contributed by atoms with Crippen LogP contribution in [0.1, 0.15) is 57.9 Å². The third-order valence-electron chi connectivity index (χ3n) is 5.27. The number of hydrogen-bond acceptors (Lipinski definition) is 4. The molecule has 0 fully saturated rings. The maximum absolute atomic E-state index is 13.0. The molecule has 0 bridgehead atoms. The molecule has 0 saturated carbocycles. The number of hydrogen-bond donors (Lipinski definition) is 1. The van der Waals surface area contributed by atoms with Crippen LogP contribution in [0.15, 0.2) is 35.5 Å². The Balaban J connectivity index is 1.96. The highest BCUT2D eigenvalue weighted by atomic mass is 32.1. The van der Waals surface area contributed by atoms with E-state index in [0.29, 0.717) is 18.0 Å². The molecule has 142 valence electrons.